The Balaban J connectivity index is 1.69. The van der Waals surface area contributed by atoms with E-state index < -0.39 is 0 Å². The molecule has 0 unspecified atom stereocenters. The van der Waals surface area contributed by atoms with Gasteiger partial charge in [0, 0.05) is 45.3 Å². The molecule has 1 aromatic carbocycles. The second-order valence-electron chi connectivity index (χ2n) is 7.01. The average molecular weight is 332 g/mol. The lowest BCUT2D eigenvalue weighted by Crippen LogP contribution is -2.43. The number of hydrogen-bond acceptors (Lipinski definition) is 3. The Kier molecular flexibility index (Phi) is 7.57. The van der Waals surface area contributed by atoms with Crippen LogP contribution in [-0.2, 0) is 11.2 Å². The first kappa shape index (κ1) is 18.8. The number of likely N-dealkylation sites (tertiary alicyclic amines) is 1. The lowest BCUT2D eigenvalue weighted by atomic mass is 10.0. The molecule has 1 aliphatic heterocycles. The van der Waals surface area contributed by atoms with E-state index in [-0.39, 0.29) is 5.91 Å². The molecule has 0 aliphatic carbocycles. The lowest BCUT2D eigenvalue weighted by Gasteiger charge is -2.35. The van der Waals surface area contributed by atoms with E-state index in [0.717, 1.165) is 19.5 Å². The molecule has 0 spiro atoms. The Morgan fingerprint density at radius 2 is 2.17 bits per heavy atom. The molecule has 0 saturated carbocycles. The maximum absolute atomic E-state index is 12.1. The Morgan fingerprint density at radius 1 is 1.33 bits per heavy atom. The summed E-state index contributed by atoms with van der Waals surface area (Å²) in [6.45, 7) is 5.21. The first-order valence-electron chi connectivity index (χ1n) is 9.37. The fourth-order valence-corrected chi connectivity index (χ4v) is 3.49. The van der Waals surface area contributed by atoms with Crippen molar-refractivity contribution in [3.05, 3.63) is 29.8 Å². The van der Waals surface area contributed by atoms with Gasteiger partial charge in [-0.2, -0.15) is 0 Å². The summed E-state index contributed by atoms with van der Waals surface area (Å²) in [5, 5.41) is 3.09. The second kappa shape index (κ2) is 9.67. The number of amides is 1. The van der Waals surface area contributed by atoms with Crippen LogP contribution in [0.25, 0.3) is 0 Å². The molecule has 0 aromatic heterocycles. The van der Waals surface area contributed by atoms with Crippen LogP contribution in [0.3, 0.4) is 0 Å². The Morgan fingerprint density at radius 3 is 2.92 bits per heavy atom. The number of carbonyl (C=O) groups excluding carboxylic acids is 1. The van der Waals surface area contributed by atoms with Crippen LogP contribution >= 0.6 is 0 Å². The average Bonchev–Trinajstić information content (AvgIpc) is 2.60. The standard InChI is InChI=1S/C20H33N3O/c1-4-18-9-5-6-14-23(18)15-13-21-20(24)12-11-17-8-7-10-19(16-17)22(2)3/h7-8,10,16,18H,4-6,9,11-15H2,1-3H3,(H,21,24)/t18-/m0/s1. The van der Waals surface area contributed by atoms with Crippen molar-refractivity contribution >= 4 is 11.6 Å². The highest BCUT2D eigenvalue weighted by molar-refractivity contribution is 5.76. The van der Waals surface area contributed by atoms with Gasteiger partial charge in [0.15, 0.2) is 0 Å². The zero-order valence-electron chi connectivity index (χ0n) is 15.6. The van der Waals surface area contributed by atoms with E-state index in [4.69, 9.17) is 0 Å². The van der Waals surface area contributed by atoms with Crippen LogP contribution in [-0.4, -0.2) is 50.6 Å². The highest BCUT2D eigenvalue weighted by Crippen LogP contribution is 2.18. The molecule has 0 bridgehead atoms. The lowest BCUT2D eigenvalue weighted by molar-refractivity contribution is -0.121. The minimum absolute atomic E-state index is 0.162. The van der Waals surface area contributed by atoms with Crippen molar-refractivity contribution in [3.63, 3.8) is 0 Å². The van der Waals surface area contributed by atoms with Crippen LogP contribution in [0.5, 0.6) is 0 Å². The topological polar surface area (TPSA) is 35.6 Å². The highest BCUT2D eigenvalue weighted by Gasteiger charge is 2.20. The van der Waals surface area contributed by atoms with E-state index in [1.165, 1.54) is 43.5 Å². The predicted octanol–water partition coefficient (Wildman–Crippen LogP) is 3.07. The fraction of sp³-hybridized carbons (Fsp3) is 0.650. The molecule has 1 N–H and O–H groups in total. The molecule has 1 atom stereocenters. The third-order valence-corrected chi connectivity index (χ3v) is 5.01. The Bertz CT molecular complexity index is 515. The monoisotopic (exact) mass is 331 g/mol. The van der Waals surface area contributed by atoms with Gasteiger partial charge in [-0.25, -0.2) is 0 Å². The van der Waals surface area contributed by atoms with Crippen LogP contribution in [0.2, 0.25) is 0 Å². The van der Waals surface area contributed by atoms with Gasteiger partial charge in [0.05, 0.1) is 0 Å². The van der Waals surface area contributed by atoms with Crippen LogP contribution in [0.15, 0.2) is 24.3 Å². The highest BCUT2D eigenvalue weighted by atomic mass is 16.1. The minimum atomic E-state index is 0.162. The van der Waals surface area contributed by atoms with E-state index in [2.05, 4.69) is 46.3 Å². The van der Waals surface area contributed by atoms with Crippen molar-refractivity contribution in [2.45, 2.75) is 51.5 Å². The molecule has 1 heterocycles. The second-order valence-corrected chi connectivity index (χ2v) is 7.01. The number of anilines is 1. The van der Waals surface area contributed by atoms with Gasteiger partial charge in [-0.1, -0.05) is 25.5 Å². The van der Waals surface area contributed by atoms with Gasteiger partial charge in [-0.3, -0.25) is 9.69 Å². The summed E-state index contributed by atoms with van der Waals surface area (Å²) < 4.78 is 0. The number of aryl methyl sites for hydroxylation is 1. The number of hydrogen-bond donors (Lipinski definition) is 1. The first-order valence-corrected chi connectivity index (χ1v) is 9.37. The molecule has 4 nitrogen and oxygen atoms in total. The van der Waals surface area contributed by atoms with E-state index in [1.807, 2.05) is 14.1 Å². The molecule has 24 heavy (non-hydrogen) atoms. The van der Waals surface area contributed by atoms with Gasteiger partial charge in [-0.05, 0) is 49.9 Å². The van der Waals surface area contributed by atoms with Crippen LogP contribution in [0.1, 0.15) is 44.6 Å². The molecule has 1 fully saturated rings. The molecule has 0 radical (unpaired) electrons. The minimum Gasteiger partial charge on any atom is -0.378 e. The number of rotatable bonds is 8. The smallest absolute Gasteiger partial charge is 0.220 e. The number of benzene rings is 1. The Labute approximate surface area is 147 Å². The number of nitrogens with one attached hydrogen (secondary N) is 1. The summed E-state index contributed by atoms with van der Waals surface area (Å²) in [7, 11) is 4.08. The van der Waals surface area contributed by atoms with Gasteiger partial charge >= 0.3 is 0 Å². The Hall–Kier alpha value is -1.55. The van der Waals surface area contributed by atoms with E-state index in [9.17, 15) is 4.79 Å². The van der Waals surface area contributed by atoms with Gasteiger partial charge in [-0.15, -0.1) is 0 Å². The van der Waals surface area contributed by atoms with Crippen molar-refractivity contribution < 1.29 is 4.79 Å². The molecule has 134 valence electrons. The van der Waals surface area contributed by atoms with Gasteiger partial charge in [0.25, 0.3) is 0 Å². The van der Waals surface area contributed by atoms with Gasteiger partial charge in [0.1, 0.15) is 0 Å². The van der Waals surface area contributed by atoms with Crippen molar-refractivity contribution in [1.82, 2.24) is 10.2 Å². The third-order valence-electron chi connectivity index (χ3n) is 5.01. The van der Waals surface area contributed by atoms with E-state index >= 15 is 0 Å². The van der Waals surface area contributed by atoms with Crippen molar-refractivity contribution in [2.24, 2.45) is 0 Å². The number of carbonyl (C=O) groups is 1. The van der Waals surface area contributed by atoms with Crippen molar-refractivity contribution in [1.29, 1.82) is 0 Å². The summed E-state index contributed by atoms with van der Waals surface area (Å²) in [6.07, 6.45) is 6.55. The molecule has 2 rings (SSSR count). The maximum atomic E-state index is 12.1. The maximum Gasteiger partial charge on any atom is 0.220 e. The quantitative estimate of drug-likeness (QED) is 0.795. The third kappa shape index (κ3) is 5.82. The normalized spacial score (nSPS) is 18.4. The molecule has 4 heteroatoms. The zero-order chi connectivity index (χ0) is 17.4. The molecule has 1 saturated heterocycles. The van der Waals surface area contributed by atoms with Crippen molar-refractivity contribution in [3.8, 4) is 0 Å². The number of nitrogens with zero attached hydrogens (tertiary/aromatic N) is 2. The number of piperidine rings is 1. The molecule has 1 amide bonds. The van der Waals surface area contributed by atoms with Gasteiger partial charge in [0.2, 0.25) is 5.91 Å². The molecule has 1 aliphatic rings. The summed E-state index contributed by atoms with van der Waals surface area (Å²) in [5.41, 5.74) is 2.40. The summed E-state index contributed by atoms with van der Waals surface area (Å²) in [6, 6.07) is 9.12. The summed E-state index contributed by atoms with van der Waals surface area (Å²) in [5.74, 6) is 0.162. The molecular formula is C20H33N3O. The first-order chi connectivity index (χ1) is 11.6. The molecular weight excluding hydrogens is 298 g/mol. The van der Waals surface area contributed by atoms with Crippen LogP contribution < -0.4 is 10.2 Å². The fourth-order valence-electron chi connectivity index (χ4n) is 3.49. The van der Waals surface area contributed by atoms with E-state index in [0.29, 0.717) is 12.5 Å². The predicted molar refractivity (Wildman–Crippen MR) is 102 cm³/mol. The van der Waals surface area contributed by atoms with Crippen LogP contribution in [0, 0.1) is 0 Å². The van der Waals surface area contributed by atoms with Gasteiger partial charge < -0.3 is 10.2 Å². The largest absolute Gasteiger partial charge is 0.378 e. The SMILES string of the molecule is CC[C@H]1CCCCN1CCNC(=O)CCc1cccc(N(C)C)c1. The zero-order valence-corrected chi connectivity index (χ0v) is 15.6. The molecule has 1 aromatic rings. The van der Waals surface area contributed by atoms with Crippen molar-refractivity contribution in [2.75, 3.05) is 38.6 Å². The summed E-state index contributed by atoms with van der Waals surface area (Å²) >= 11 is 0. The van der Waals surface area contributed by atoms with E-state index in [1.54, 1.807) is 0 Å². The van der Waals surface area contributed by atoms with Crippen LogP contribution in [0.4, 0.5) is 5.69 Å². The summed E-state index contributed by atoms with van der Waals surface area (Å²) in [4.78, 5) is 16.7.